The van der Waals surface area contributed by atoms with Gasteiger partial charge in [-0.1, -0.05) is 6.92 Å². The van der Waals surface area contributed by atoms with E-state index < -0.39 is 5.97 Å². The molecule has 0 aliphatic carbocycles. The highest BCUT2D eigenvalue weighted by Crippen LogP contribution is 2.09. The number of urea groups is 1. The molecule has 1 atom stereocenters. The number of hydrogen-bond donors (Lipinski definition) is 2. The van der Waals surface area contributed by atoms with Crippen molar-refractivity contribution in [2.75, 3.05) is 18.5 Å². The third-order valence-corrected chi connectivity index (χ3v) is 2.46. The Kier molecular flexibility index (Phi) is 5.10. The first-order valence-corrected chi connectivity index (χ1v) is 5.64. The maximum absolute atomic E-state index is 11.8. The van der Waals surface area contributed by atoms with Crippen LogP contribution in [-0.2, 0) is 4.79 Å². The van der Waals surface area contributed by atoms with E-state index in [1.165, 1.54) is 4.90 Å². The third kappa shape index (κ3) is 4.40. The molecule has 0 fully saturated rings. The van der Waals surface area contributed by atoms with Gasteiger partial charge in [-0.15, -0.1) is 0 Å². The van der Waals surface area contributed by atoms with Gasteiger partial charge in [0.2, 0.25) is 0 Å². The van der Waals surface area contributed by atoms with Crippen LogP contribution in [0.3, 0.4) is 0 Å². The second-order valence-electron chi connectivity index (χ2n) is 4.16. The van der Waals surface area contributed by atoms with Crippen LogP contribution in [0.2, 0.25) is 0 Å². The van der Waals surface area contributed by atoms with E-state index in [2.05, 4.69) is 10.3 Å². The van der Waals surface area contributed by atoms with E-state index in [1.807, 2.05) is 0 Å². The van der Waals surface area contributed by atoms with Crippen molar-refractivity contribution >= 4 is 17.7 Å². The Hall–Kier alpha value is -2.11. The lowest BCUT2D eigenvalue weighted by Gasteiger charge is -2.19. The first-order chi connectivity index (χ1) is 8.50. The minimum Gasteiger partial charge on any atom is -0.481 e. The average molecular weight is 251 g/mol. The minimum atomic E-state index is -0.864. The van der Waals surface area contributed by atoms with Crippen molar-refractivity contribution in [1.82, 2.24) is 10.3 Å². The summed E-state index contributed by atoms with van der Waals surface area (Å²) in [6.45, 7) is 2.11. The van der Waals surface area contributed by atoms with Gasteiger partial charge in [-0.05, 0) is 18.1 Å². The van der Waals surface area contributed by atoms with Crippen molar-refractivity contribution in [1.29, 1.82) is 0 Å². The number of amides is 2. The largest absolute Gasteiger partial charge is 0.481 e. The fraction of sp³-hybridized carbons (Fsp3) is 0.417. The van der Waals surface area contributed by atoms with E-state index in [-0.39, 0.29) is 18.4 Å². The molecule has 6 nitrogen and oxygen atoms in total. The van der Waals surface area contributed by atoms with E-state index in [0.717, 1.165) is 0 Å². The predicted molar refractivity (Wildman–Crippen MR) is 67.5 cm³/mol. The normalized spacial score (nSPS) is 11.7. The number of pyridine rings is 1. The number of hydrogen-bond acceptors (Lipinski definition) is 3. The molecule has 2 amide bonds. The molecule has 0 radical (unpaired) electrons. The summed E-state index contributed by atoms with van der Waals surface area (Å²) in [6.07, 6.45) is 3.25. The van der Waals surface area contributed by atoms with Gasteiger partial charge in [0.05, 0.1) is 11.9 Å². The summed E-state index contributed by atoms with van der Waals surface area (Å²) in [4.78, 5) is 27.6. The number of carbonyl (C=O) groups excluding carboxylic acids is 1. The fourth-order valence-corrected chi connectivity index (χ4v) is 1.42. The summed E-state index contributed by atoms with van der Waals surface area (Å²) in [5, 5.41) is 11.3. The Morgan fingerprint density at radius 1 is 1.56 bits per heavy atom. The predicted octanol–water partition coefficient (Wildman–Crippen LogP) is 1.34. The summed E-state index contributed by atoms with van der Waals surface area (Å²) >= 11 is 0. The van der Waals surface area contributed by atoms with E-state index in [1.54, 1.807) is 38.5 Å². The van der Waals surface area contributed by atoms with Crippen LogP contribution in [0.25, 0.3) is 0 Å². The van der Waals surface area contributed by atoms with E-state index in [9.17, 15) is 9.59 Å². The molecule has 0 spiro atoms. The number of carboxylic acids is 1. The monoisotopic (exact) mass is 251 g/mol. The Morgan fingerprint density at radius 3 is 2.83 bits per heavy atom. The molecule has 18 heavy (non-hydrogen) atoms. The molecule has 0 aliphatic heterocycles. The van der Waals surface area contributed by atoms with Crippen molar-refractivity contribution in [2.24, 2.45) is 5.92 Å². The second-order valence-corrected chi connectivity index (χ2v) is 4.16. The lowest BCUT2D eigenvalue weighted by molar-refractivity contribution is -0.137. The molecule has 1 aromatic rings. The average Bonchev–Trinajstić information content (AvgIpc) is 2.35. The SMILES string of the molecule is CC(CNC(=O)N(C)c1cccnc1)CC(=O)O. The zero-order chi connectivity index (χ0) is 13.5. The van der Waals surface area contributed by atoms with Crippen LogP contribution in [0.5, 0.6) is 0 Å². The van der Waals surface area contributed by atoms with Gasteiger partial charge >= 0.3 is 12.0 Å². The van der Waals surface area contributed by atoms with Gasteiger partial charge in [-0.2, -0.15) is 0 Å². The minimum absolute atomic E-state index is 0.0386. The van der Waals surface area contributed by atoms with E-state index in [0.29, 0.717) is 12.2 Å². The topological polar surface area (TPSA) is 82.5 Å². The Balaban J connectivity index is 2.44. The van der Waals surface area contributed by atoms with Gasteiger partial charge < -0.3 is 10.4 Å². The highest BCUT2D eigenvalue weighted by molar-refractivity contribution is 5.91. The van der Waals surface area contributed by atoms with Gasteiger partial charge in [-0.25, -0.2) is 4.79 Å². The maximum Gasteiger partial charge on any atom is 0.321 e. The quantitative estimate of drug-likeness (QED) is 0.827. The van der Waals surface area contributed by atoms with Crippen molar-refractivity contribution in [3.05, 3.63) is 24.5 Å². The molecule has 6 heteroatoms. The van der Waals surface area contributed by atoms with Crippen molar-refractivity contribution in [3.63, 3.8) is 0 Å². The summed E-state index contributed by atoms with van der Waals surface area (Å²) in [7, 11) is 1.63. The van der Waals surface area contributed by atoms with Crippen LogP contribution in [-0.4, -0.2) is 35.7 Å². The number of carbonyl (C=O) groups is 2. The lowest BCUT2D eigenvalue weighted by atomic mass is 10.1. The fourth-order valence-electron chi connectivity index (χ4n) is 1.42. The Bertz CT molecular complexity index is 408. The molecular weight excluding hydrogens is 234 g/mol. The van der Waals surface area contributed by atoms with Gasteiger partial charge in [0, 0.05) is 26.2 Å². The maximum atomic E-state index is 11.8. The number of aromatic nitrogens is 1. The third-order valence-electron chi connectivity index (χ3n) is 2.46. The number of carboxylic acid groups (broad SMARTS) is 1. The first kappa shape index (κ1) is 14.0. The van der Waals surface area contributed by atoms with Crippen LogP contribution in [0.4, 0.5) is 10.5 Å². The van der Waals surface area contributed by atoms with Gasteiger partial charge in [0.15, 0.2) is 0 Å². The van der Waals surface area contributed by atoms with E-state index in [4.69, 9.17) is 5.11 Å². The number of nitrogens with one attached hydrogen (secondary N) is 1. The molecule has 0 saturated heterocycles. The number of anilines is 1. The first-order valence-electron chi connectivity index (χ1n) is 5.64. The standard InChI is InChI=1S/C12H17N3O3/c1-9(6-11(16)17)7-14-12(18)15(2)10-4-3-5-13-8-10/h3-5,8-9H,6-7H2,1-2H3,(H,14,18)(H,16,17). The lowest BCUT2D eigenvalue weighted by Crippen LogP contribution is -2.39. The molecule has 1 aromatic heterocycles. The molecular formula is C12H17N3O3. The van der Waals surface area contributed by atoms with Gasteiger partial charge in [0.1, 0.15) is 0 Å². The zero-order valence-electron chi connectivity index (χ0n) is 10.5. The molecule has 2 N–H and O–H groups in total. The zero-order valence-corrected chi connectivity index (χ0v) is 10.5. The van der Waals surface area contributed by atoms with Crippen molar-refractivity contribution < 1.29 is 14.7 Å². The second kappa shape index (κ2) is 6.58. The number of aliphatic carboxylic acids is 1. The highest BCUT2D eigenvalue weighted by atomic mass is 16.4. The molecule has 98 valence electrons. The molecule has 1 rings (SSSR count). The summed E-state index contributed by atoms with van der Waals surface area (Å²) < 4.78 is 0. The van der Waals surface area contributed by atoms with Crippen molar-refractivity contribution in [2.45, 2.75) is 13.3 Å². The molecule has 1 unspecified atom stereocenters. The van der Waals surface area contributed by atoms with Gasteiger partial charge in [-0.3, -0.25) is 14.7 Å². The van der Waals surface area contributed by atoms with Crippen LogP contribution in [0, 0.1) is 5.92 Å². The van der Waals surface area contributed by atoms with Crippen LogP contribution in [0.1, 0.15) is 13.3 Å². The molecule has 1 heterocycles. The summed E-state index contributed by atoms with van der Waals surface area (Å²) in [5.41, 5.74) is 0.681. The molecule has 0 aromatic carbocycles. The Morgan fingerprint density at radius 2 is 2.28 bits per heavy atom. The van der Waals surface area contributed by atoms with Crippen LogP contribution < -0.4 is 10.2 Å². The van der Waals surface area contributed by atoms with Gasteiger partial charge in [0.25, 0.3) is 0 Å². The smallest absolute Gasteiger partial charge is 0.321 e. The van der Waals surface area contributed by atoms with Crippen LogP contribution in [0.15, 0.2) is 24.5 Å². The number of nitrogens with zero attached hydrogens (tertiary/aromatic N) is 2. The summed E-state index contributed by atoms with van der Waals surface area (Å²) in [6, 6.07) is 3.24. The van der Waals surface area contributed by atoms with E-state index >= 15 is 0 Å². The number of rotatable bonds is 5. The highest BCUT2D eigenvalue weighted by Gasteiger charge is 2.13. The molecule has 0 aliphatic rings. The molecule has 0 saturated carbocycles. The van der Waals surface area contributed by atoms with Crippen molar-refractivity contribution in [3.8, 4) is 0 Å². The Labute approximate surface area is 106 Å². The summed E-state index contributed by atoms with van der Waals surface area (Å²) in [5.74, 6) is -0.967. The molecule has 0 bridgehead atoms. The van der Waals surface area contributed by atoms with Crippen LogP contribution >= 0.6 is 0 Å².